The van der Waals surface area contributed by atoms with Gasteiger partial charge in [-0.05, 0) is 43.3 Å². The number of rotatable bonds is 10. The Morgan fingerprint density at radius 2 is 1.89 bits per heavy atom. The Bertz CT molecular complexity index is 820. The lowest BCUT2D eigenvalue weighted by molar-refractivity contribution is 0.103. The highest BCUT2D eigenvalue weighted by molar-refractivity contribution is 9.10. The Morgan fingerprint density at radius 1 is 1.15 bits per heavy atom. The Hall–Kier alpha value is -2.31. The number of ketones is 1. The molecule has 0 saturated heterocycles. The molecule has 0 aromatic heterocycles. The van der Waals surface area contributed by atoms with Crippen LogP contribution in [0.5, 0.6) is 5.75 Å². The van der Waals surface area contributed by atoms with Gasteiger partial charge in [0, 0.05) is 22.6 Å². The summed E-state index contributed by atoms with van der Waals surface area (Å²) in [5.74, 6) is -2.43. The van der Waals surface area contributed by atoms with E-state index in [1.807, 2.05) is 12.2 Å². The van der Waals surface area contributed by atoms with Gasteiger partial charge in [0.15, 0.2) is 17.3 Å². The zero-order chi connectivity index (χ0) is 19.6. The second-order valence-corrected chi connectivity index (χ2v) is 6.58. The zero-order valence-electron chi connectivity index (χ0n) is 14.7. The van der Waals surface area contributed by atoms with Crippen LogP contribution in [0.2, 0.25) is 0 Å². The molecule has 27 heavy (non-hydrogen) atoms. The zero-order valence-corrected chi connectivity index (χ0v) is 16.3. The van der Waals surface area contributed by atoms with Crippen LogP contribution in [0, 0.1) is 11.6 Å². The van der Waals surface area contributed by atoms with Crippen molar-refractivity contribution in [3.05, 3.63) is 88.4 Å². The monoisotopic (exact) mass is 435 g/mol. The molecule has 0 heterocycles. The highest BCUT2D eigenvalue weighted by atomic mass is 79.9. The van der Waals surface area contributed by atoms with Gasteiger partial charge in [-0.3, -0.25) is 4.79 Å². The van der Waals surface area contributed by atoms with E-state index in [0.717, 1.165) is 29.6 Å². The van der Waals surface area contributed by atoms with Crippen molar-refractivity contribution in [2.45, 2.75) is 6.42 Å². The molecule has 2 rings (SSSR count). The number of carbonyl (C=O) groups is 1. The second-order valence-electron chi connectivity index (χ2n) is 5.66. The number of hydrogen-bond acceptors (Lipinski definition) is 3. The molecule has 0 atom stereocenters. The summed E-state index contributed by atoms with van der Waals surface area (Å²) in [6.07, 6.45) is 6.24. The van der Waals surface area contributed by atoms with E-state index in [-0.39, 0.29) is 23.5 Å². The van der Waals surface area contributed by atoms with Crippen LogP contribution < -0.4 is 10.1 Å². The van der Waals surface area contributed by atoms with Crippen LogP contribution in [0.1, 0.15) is 22.3 Å². The predicted octanol–water partition coefficient (Wildman–Crippen LogP) is 5.06. The molecule has 0 spiro atoms. The normalized spacial score (nSPS) is 10.9. The first-order valence-electron chi connectivity index (χ1n) is 8.41. The fraction of sp³-hybridized carbons (Fsp3) is 0.190. The Kier molecular flexibility index (Phi) is 8.36. The fourth-order valence-electron chi connectivity index (χ4n) is 2.25. The van der Waals surface area contributed by atoms with E-state index in [1.165, 1.54) is 0 Å². The van der Waals surface area contributed by atoms with Gasteiger partial charge in [-0.15, -0.1) is 6.58 Å². The molecule has 0 saturated carbocycles. The minimum atomic E-state index is -0.825. The molecule has 0 radical (unpaired) electrons. The van der Waals surface area contributed by atoms with Crippen molar-refractivity contribution in [1.29, 1.82) is 0 Å². The molecule has 0 unspecified atom stereocenters. The van der Waals surface area contributed by atoms with Gasteiger partial charge in [0.2, 0.25) is 0 Å². The average molecular weight is 436 g/mol. The standard InChI is InChI=1S/C21H20BrF2NO2/c1-2-3-10-25-11-4-5-12-27-20-14-18(23)17(13-19(20)24)21(26)15-6-8-16(22)9-7-15/h2,4-9,13-14,25H,1,3,10-12H2. The molecule has 0 aliphatic heterocycles. The van der Waals surface area contributed by atoms with E-state index in [1.54, 1.807) is 30.3 Å². The fourth-order valence-corrected chi connectivity index (χ4v) is 2.51. The first-order valence-corrected chi connectivity index (χ1v) is 9.21. The topological polar surface area (TPSA) is 38.3 Å². The van der Waals surface area contributed by atoms with Crippen LogP contribution in [-0.4, -0.2) is 25.5 Å². The number of halogens is 3. The van der Waals surface area contributed by atoms with Crippen LogP contribution in [0.3, 0.4) is 0 Å². The molecule has 1 N–H and O–H groups in total. The largest absolute Gasteiger partial charge is 0.486 e. The summed E-state index contributed by atoms with van der Waals surface area (Å²) in [7, 11) is 0. The van der Waals surface area contributed by atoms with Gasteiger partial charge >= 0.3 is 0 Å². The van der Waals surface area contributed by atoms with Crippen molar-refractivity contribution >= 4 is 21.7 Å². The Balaban J connectivity index is 1.97. The summed E-state index contributed by atoms with van der Waals surface area (Å²) in [4.78, 5) is 12.4. The van der Waals surface area contributed by atoms with Gasteiger partial charge in [-0.25, -0.2) is 8.78 Å². The highest BCUT2D eigenvalue weighted by Gasteiger charge is 2.18. The third kappa shape index (κ3) is 6.41. The molecule has 0 fully saturated rings. The van der Waals surface area contributed by atoms with Gasteiger partial charge in [-0.1, -0.05) is 34.2 Å². The Morgan fingerprint density at radius 3 is 2.59 bits per heavy atom. The van der Waals surface area contributed by atoms with Crippen LogP contribution in [0.4, 0.5) is 8.78 Å². The van der Waals surface area contributed by atoms with E-state index < -0.39 is 17.4 Å². The second kappa shape index (κ2) is 10.7. The number of ether oxygens (including phenoxy) is 1. The van der Waals surface area contributed by atoms with E-state index in [2.05, 4.69) is 27.8 Å². The van der Waals surface area contributed by atoms with E-state index in [9.17, 15) is 13.6 Å². The maximum atomic E-state index is 14.3. The van der Waals surface area contributed by atoms with Gasteiger partial charge < -0.3 is 10.1 Å². The van der Waals surface area contributed by atoms with Crippen LogP contribution in [0.15, 0.2) is 65.7 Å². The summed E-state index contributed by atoms with van der Waals surface area (Å²) in [6.45, 7) is 5.19. The first-order chi connectivity index (χ1) is 13.0. The molecular weight excluding hydrogens is 416 g/mol. The smallest absolute Gasteiger partial charge is 0.196 e. The minimum Gasteiger partial charge on any atom is -0.486 e. The summed E-state index contributed by atoms with van der Waals surface area (Å²) in [5.41, 5.74) is -0.0545. The van der Waals surface area contributed by atoms with Crippen molar-refractivity contribution in [3.8, 4) is 5.75 Å². The number of hydrogen-bond donors (Lipinski definition) is 1. The lowest BCUT2D eigenvalue weighted by Crippen LogP contribution is -2.14. The van der Waals surface area contributed by atoms with Crippen molar-refractivity contribution in [2.75, 3.05) is 19.7 Å². The molecule has 0 aliphatic rings. The molecular formula is C21H20BrF2NO2. The summed E-state index contributed by atoms with van der Waals surface area (Å²) in [5, 5.41) is 3.16. The van der Waals surface area contributed by atoms with E-state index >= 15 is 0 Å². The number of carbonyl (C=O) groups excluding carboxylic acids is 1. The highest BCUT2D eigenvalue weighted by Crippen LogP contribution is 2.24. The van der Waals surface area contributed by atoms with Crippen LogP contribution in [0.25, 0.3) is 0 Å². The quantitative estimate of drug-likeness (QED) is 0.322. The maximum absolute atomic E-state index is 14.3. The maximum Gasteiger partial charge on any atom is 0.196 e. The van der Waals surface area contributed by atoms with Crippen LogP contribution >= 0.6 is 15.9 Å². The van der Waals surface area contributed by atoms with Crippen molar-refractivity contribution < 1.29 is 18.3 Å². The summed E-state index contributed by atoms with van der Waals surface area (Å²) >= 11 is 3.26. The van der Waals surface area contributed by atoms with Crippen molar-refractivity contribution in [2.24, 2.45) is 0 Å². The summed E-state index contributed by atoms with van der Waals surface area (Å²) in [6, 6.07) is 8.19. The number of benzene rings is 2. The minimum absolute atomic E-state index is 0.0967. The average Bonchev–Trinajstić information content (AvgIpc) is 2.66. The molecule has 6 heteroatoms. The molecule has 0 amide bonds. The molecule has 0 bridgehead atoms. The SMILES string of the molecule is C=CCCNCC=CCOc1cc(F)c(C(=O)c2ccc(Br)cc2)cc1F. The lowest BCUT2D eigenvalue weighted by Gasteiger charge is -2.08. The molecule has 3 nitrogen and oxygen atoms in total. The van der Waals surface area contributed by atoms with Crippen molar-refractivity contribution in [3.63, 3.8) is 0 Å². The van der Waals surface area contributed by atoms with Crippen LogP contribution in [-0.2, 0) is 0 Å². The van der Waals surface area contributed by atoms with E-state index in [0.29, 0.717) is 6.54 Å². The lowest BCUT2D eigenvalue weighted by atomic mass is 10.0. The molecule has 2 aromatic rings. The predicted molar refractivity (Wildman–Crippen MR) is 106 cm³/mol. The first kappa shape index (κ1) is 21.0. The third-order valence-corrected chi connectivity index (χ3v) is 4.19. The van der Waals surface area contributed by atoms with Crippen molar-refractivity contribution in [1.82, 2.24) is 5.32 Å². The van der Waals surface area contributed by atoms with Gasteiger partial charge in [-0.2, -0.15) is 0 Å². The number of nitrogens with one attached hydrogen (secondary N) is 1. The van der Waals surface area contributed by atoms with Gasteiger partial charge in [0.05, 0.1) is 5.56 Å². The summed E-state index contributed by atoms with van der Waals surface area (Å²) < 4.78 is 34.5. The van der Waals surface area contributed by atoms with Gasteiger partial charge in [0.1, 0.15) is 12.4 Å². The Labute approximate surface area is 165 Å². The third-order valence-electron chi connectivity index (χ3n) is 3.66. The molecule has 0 aliphatic carbocycles. The van der Waals surface area contributed by atoms with Gasteiger partial charge in [0.25, 0.3) is 0 Å². The molecule has 142 valence electrons. The molecule has 2 aromatic carbocycles. The van der Waals surface area contributed by atoms with E-state index in [4.69, 9.17) is 4.74 Å².